The highest BCUT2D eigenvalue weighted by Crippen LogP contribution is 2.29. The Morgan fingerprint density at radius 1 is 1.29 bits per heavy atom. The van der Waals surface area contributed by atoms with Crippen molar-refractivity contribution in [3.63, 3.8) is 0 Å². The van der Waals surface area contributed by atoms with Crippen LogP contribution in [0.1, 0.15) is 10.4 Å². The second-order valence-corrected chi connectivity index (χ2v) is 4.14. The Morgan fingerprint density at radius 3 is 2.41 bits per heavy atom. The van der Waals surface area contributed by atoms with Gasteiger partial charge in [-0.15, -0.1) is 0 Å². The molecule has 2 unspecified atom stereocenters. The van der Waals surface area contributed by atoms with Crippen LogP contribution < -0.4 is 16.4 Å². The van der Waals surface area contributed by atoms with Crippen molar-refractivity contribution in [1.82, 2.24) is 0 Å². The van der Waals surface area contributed by atoms with Gasteiger partial charge in [0.05, 0.1) is 29.1 Å². The van der Waals surface area contributed by atoms with E-state index in [4.69, 9.17) is 11.5 Å². The molecule has 1 saturated heterocycles. The lowest BCUT2D eigenvalue weighted by Crippen LogP contribution is -2.23. The molecule has 2 atom stereocenters. The number of rotatable bonds is 2. The van der Waals surface area contributed by atoms with Crippen LogP contribution in [0.4, 0.5) is 11.4 Å². The zero-order valence-corrected chi connectivity index (χ0v) is 9.21. The van der Waals surface area contributed by atoms with Crippen molar-refractivity contribution < 1.29 is 15.0 Å². The summed E-state index contributed by atoms with van der Waals surface area (Å²) < 4.78 is 0. The summed E-state index contributed by atoms with van der Waals surface area (Å²) in [7, 11) is 0. The number of primary amides is 1. The molecule has 0 saturated carbocycles. The Balaban J connectivity index is 2.34. The van der Waals surface area contributed by atoms with Gasteiger partial charge in [0.15, 0.2) is 0 Å². The molecule has 1 aromatic carbocycles. The number of carbonyl (C=O) groups is 1. The smallest absolute Gasteiger partial charge is 0.250 e. The molecule has 0 spiro atoms. The molecule has 0 aromatic heterocycles. The van der Waals surface area contributed by atoms with Gasteiger partial charge in [0.1, 0.15) is 0 Å². The molecule has 0 bridgehead atoms. The molecule has 92 valence electrons. The highest BCUT2D eigenvalue weighted by molar-refractivity contribution is 6.00. The summed E-state index contributed by atoms with van der Waals surface area (Å²) in [6.07, 6.45) is -1.60. The summed E-state index contributed by atoms with van der Waals surface area (Å²) in [5.74, 6) is -0.593. The number of benzene rings is 1. The Hall–Kier alpha value is -1.79. The van der Waals surface area contributed by atoms with E-state index in [0.29, 0.717) is 5.69 Å². The molecule has 17 heavy (non-hydrogen) atoms. The fourth-order valence-corrected chi connectivity index (χ4v) is 2.01. The number of aliphatic hydroxyl groups excluding tert-OH is 2. The van der Waals surface area contributed by atoms with E-state index in [0.717, 1.165) is 0 Å². The number of nitrogen functional groups attached to an aromatic ring is 1. The third kappa shape index (κ3) is 2.04. The molecule has 0 radical (unpaired) electrons. The van der Waals surface area contributed by atoms with Gasteiger partial charge in [0.25, 0.3) is 5.91 Å². The molecule has 6 nitrogen and oxygen atoms in total. The average molecular weight is 237 g/mol. The fraction of sp³-hybridized carbons (Fsp3) is 0.364. The van der Waals surface area contributed by atoms with Crippen molar-refractivity contribution in [3.05, 3.63) is 23.8 Å². The Morgan fingerprint density at radius 2 is 1.88 bits per heavy atom. The van der Waals surface area contributed by atoms with Crippen LogP contribution in [0.2, 0.25) is 0 Å². The van der Waals surface area contributed by atoms with Crippen LogP contribution in [0.25, 0.3) is 0 Å². The van der Waals surface area contributed by atoms with E-state index in [1.165, 1.54) is 0 Å². The molecule has 6 N–H and O–H groups in total. The Bertz CT molecular complexity index is 440. The van der Waals surface area contributed by atoms with Crippen molar-refractivity contribution in [2.24, 2.45) is 5.73 Å². The van der Waals surface area contributed by atoms with E-state index in [-0.39, 0.29) is 24.3 Å². The highest BCUT2D eigenvalue weighted by Gasteiger charge is 2.30. The maximum atomic E-state index is 11.1. The van der Waals surface area contributed by atoms with Crippen LogP contribution >= 0.6 is 0 Å². The standard InChI is InChI=1S/C11H15N3O3/c12-10-6(11(13)17)2-1-3-7(10)14-4-8(15)9(16)5-14/h1-3,8-9,15-16H,4-5,12H2,(H2,13,17). The molecule has 1 aliphatic heterocycles. The summed E-state index contributed by atoms with van der Waals surface area (Å²) in [5.41, 5.74) is 12.2. The zero-order valence-electron chi connectivity index (χ0n) is 9.21. The molecule has 1 amide bonds. The largest absolute Gasteiger partial charge is 0.396 e. The lowest BCUT2D eigenvalue weighted by atomic mass is 10.1. The van der Waals surface area contributed by atoms with Gasteiger partial charge in [0.2, 0.25) is 0 Å². The Kier molecular flexibility index (Phi) is 2.91. The molecular weight excluding hydrogens is 222 g/mol. The van der Waals surface area contributed by atoms with Crippen LogP contribution in [-0.2, 0) is 0 Å². The van der Waals surface area contributed by atoms with E-state index in [2.05, 4.69) is 0 Å². The third-order valence-corrected chi connectivity index (χ3v) is 2.95. The van der Waals surface area contributed by atoms with Crippen molar-refractivity contribution in [2.75, 3.05) is 23.7 Å². The average Bonchev–Trinajstić information content (AvgIpc) is 2.59. The van der Waals surface area contributed by atoms with E-state index in [1.54, 1.807) is 23.1 Å². The van der Waals surface area contributed by atoms with Gasteiger partial charge in [0, 0.05) is 13.1 Å². The van der Waals surface area contributed by atoms with Crippen molar-refractivity contribution >= 4 is 17.3 Å². The third-order valence-electron chi connectivity index (χ3n) is 2.95. The van der Waals surface area contributed by atoms with Gasteiger partial charge >= 0.3 is 0 Å². The topological polar surface area (TPSA) is 113 Å². The van der Waals surface area contributed by atoms with Gasteiger partial charge in [-0.1, -0.05) is 6.07 Å². The number of anilines is 2. The molecule has 1 heterocycles. The minimum atomic E-state index is -0.799. The summed E-state index contributed by atoms with van der Waals surface area (Å²) in [5, 5.41) is 18.9. The number of nitrogens with zero attached hydrogens (tertiary/aromatic N) is 1. The van der Waals surface area contributed by atoms with E-state index in [1.807, 2.05) is 0 Å². The lowest BCUT2D eigenvalue weighted by Gasteiger charge is -2.20. The quantitative estimate of drug-likeness (QED) is 0.488. The van der Waals surface area contributed by atoms with Crippen LogP contribution in [0.5, 0.6) is 0 Å². The number of amides is 1. The van der Waals surface area contributed by atoms with Gasteiger partial charge in [-0.05, 0) is 12.1 Å². The molecule has 6 heteroatoms. The first-order chi connectivity index (χ1) is 8.00. The maximum Gasteiger partial charge on any atom is 0.250 e. The molecule has 2 rings (SSSR count). The SMILES string of the molecule is NC(=O)c1cccc(N2CC(O)C(O)C2)c1N. The summed E-state index contributed by atoms with van der Waals surface area (Å²) >= 11 is 0. The molecular formula is C11H15N3O3. The number of para-hydroxylation sites is 1. The molecule has 0 aliphatic carbocycles. The van der Waals surface area contributed by atoms with Crippen molar-refractivity contribution in [3.8, 4) is 0 Å². The van der Waals surface area contributed by atoms with E-state index >= 15 is 0 Å². The van der Waals surface area contributed by atoms with E-state index < -0.39 is 18.1 Å². The lowest BCUT2D eigenvalue weighted by molar-refractivity contribution is 0.0572. The minimum Gasteiger partial charge on any atom is -0.396 e. The van der Waals surface area contributed by atoms with Gasteiger partial charge in [-0.2, -0.15) is 0 Å². The van der Waals surface area contributed by atoms with Crippen LogP contribution in [-0.4, -0.2) is 41.4 Å². The van der Waals surface area contributed by atoms with Crippen molar-refractivity contribution in [2.45, 2.75) is 12.2 Å². The van der Waals surface area contributed by atoms with Gasteiger partial charge in [-0.3, -0.25) is 4.79 Å². The first-order valence-electron chi connectivity index (χ1n) is 5.30. The normalized spacial score (nSPS) is 24.0. The first kappa shape index (κ1) is 11.7. The molecule has 1 aliphatic rings. The second kappa shape index (κ2) is 4.23. The van der Waals surface area contributed by atoms with Crippen LogP contribution in [0.15, 0.2) is 18.2 Å². The first-order valence-corrected chi connectivity index (χ1v) is 5.30. The maximum absolute atomic E-state index is 11.1. The Labute approximate surface area is 98.4 Å². The van der Waals surface area contributed by atoms with Crippen LogP contribution in [0, 0.1) is 0 Å². The van der Waals surface area contributed by atoms with E-state index in [9.17, 15) is 15.0 Å². The summed E-state index contributed by atoms with van der Waals surface area (Å²) in [6, 6.07) is 4.94. The number of hydrogen-bond acceptors (Lipinski definition) is 5. The predicted octanol–water partition coefficient (Wildman–Crippen LogP) is -1.09. The second-order valence-electron chi connectivity index (χ2n) is 4.14. The van der Waals surface area contributed by atoms with Gasteiger partial charge in [-0.25, -0.2) is 0 Å². The number of hydrogen-bond donors (Lipinski definition) is 4. The predicted molar refractivity (Wildman–Crippen MR) is 63.6 cm³/mol. The summed E-state index contributed by atoms with van der Waals surface area (Å²) in [6.45, 7) is 0.571. The highest BCUT2D eigenvalue weighted by atomic mass is 16.3. The molecule has 1 aromatic rings. The minimum absolute atomic E-state index is 0.248. The zero-order chi connectivity index (χ0) is 12.6. The summed E-state index contributed by atoms with van der Waals surface area (Å²) in [4.78, 5) is 12.9. The molecule has 1 fully saturated rings. The monoisotopic (exact) mass is 237 g/mol. The number of nitrogens with two attached hydrogens (primary N) is 2. The number of aliphatic hydroxyl groups is 2. The fourth-order valence-electron chi connectivity index (χ4n) is 2.01. The number of carbonyl (C=O) groups excluding carboxylic acids is 1. The van der Waals surface area contributed by atoms with Crippen LogP contribution in [0.3, 0.4) is 0 Å². The van der Waals surface area contributed by atoms with Gasteiger partial charge < -0.3 is 26.6 Å². The number of β-amino-alcohol motifs (C(OH)–C–C–N with tert-alkyl or cyclic N) is 2. The van der Waals surface area contributed by atoms with Crippen molar-refractivity contribution in [1.29, 1.82) is 0 Å².